The Kier molecular flexibility index (Phi) is 4.68. The van der Waals surface area contributed by atoms with E-state index < -0.39 is 11.9 Å². The highest BCUT2D eigenvalue weighted by Gasteiger charge is 2.47. The largest absolute Gasteiger partial charge is 0.481 e. The van der Waals surface area contributed by atoms with Crippen LogP contribution in [0, 0.1) is 17.8 Å². The Balaban J connectivity index is 1.57. The summed E-state index contributed by atoms with van der Waals surface area (Å²) in [4.78, 5) is 20.1. The first-order valence-corrected chi connectivity index (χ1v) is 9.25. The lowest BCUT2D eigenvalue weighted by molar-refractivity contribution is -0.148. The first-order chi connectivity index (χ1) is 12.6. The number of halogens is 1. The van der Waals surface area contributed by atoms with Crippen LogP contribution in [0.15, 0.2) is 36.4 Å². The van der Waals surface area contributed by atoms with Gasteiger partial charge in [-0.3, -0.25) is 4.79 Å². The van der Waals surface area contributed by atoms with Crippen molar-refractivity contribution in [1.29, 1.82) is 0 Å². The summed E-state index contributed by atoms with van der Waals surface area (Å²) in [5, 5.41) is 13.1. The Labute approximate surface area is 156 Å². The molecule has 0 saturated heterocycles. The van der Waals surface area contributed by atoms with E-state index in [2.05, 4.69) is 15.3 Å². The number of benzene rings is 1. The van der Waals surface area contributed by atoms with Crippen molar-refractivity contribution < 1.29 is 14.6 Å². The molecule has 2 aromatic rings. The average Bonchev–Trinajstić information content (AvgIpc) is 2.62. The van der Waals surface area contributed by atoms with Crippen LogP contribution in [0.3, 0.4) is 0 Å². The zero-order chi connectivity index (χ0) is 18.1. The van der Waals surface area contributed by atoms with Gasteiger partial charge in [-0.25, -0.2) is 4.98 Å². The second kappa shape index (κ2) is 7.11. The van der Waals surface area contributed by atoms with E-state index in [0.29, 0.717) is 23.4 Å². The summed E-state index contributed by atoms with van der Waals surface area (Å²) in [6, 6.07) is 10.8. The highest BCUT2D eigenvalue weighted by molar-refractivity contribution is 6.28. The lowest BCUT2D eigenvalue weighted by Crippen LogP contribution is -2.51. The summed E-state index contributed by atoms with van der Waals surface area (Å²) < 4.78 is 5.73. The maximum atomic E-state index is 11.8. The van der Waals surface area contributed by atoms with Crippen LogP contribution in [-0.2, 0) is 4.79 Å². The molecule has 0 radical (unpaired) electrons. The predicted octanol–water partition coefficient (Wildman–Crippen LogP) is 4.22. The Hall–Kier alpha value is -2.34. The fraction of sp³-hybridized carbons (Fsp3) is 0.421. The molecule has 7 heteroatoms. The standard InChI is InChI=1S/C19H20ClN3O3/c20-19-22-14(10-15(23-19)26-13-4-2-1-3-5-13)21-17-12-8-6-11(7-9-12)16(17)18(24)25/h1-5,10-12,16-17H,6-9H2,(H,24,25)(H,21,22,23). The van der Waals surface area contributed by atoms with E-state index in [1.165, 1.54) is 0 Å². The van der Waals surface area contributed by atoms with Gasteiger partial charge in [0.1, 0.15) is 11.6 Å². The Morgan fingerprint density at radius 2 is 1.81 bits per heavy atom. The minimum Gasteiger partial charge on any atom is -0.481 e. The van der Waals surface area contributed by atoms with Gasteiger partial charge in [-0.15, -0.1) is 0 Å². The van der Waals surface area contributed by atoms with Gasteiger partial charge < -0.3 is 15.2 Å². The second-order valence-electron chi connectivity index (χ2n) is 6.98. The molecule has 6 nitrogen and oxygen atoms in total. The third-order valence-electron chi connectivity index (χ3n) is 5.46. The number of hydrogen-bond acceptors (Lipinski definition) is 5. The SMILES string of the molecule is O=C(O)C1C2CCC(CC2)C1Nc1cc(Oc2ccccc2)nc(Cl)n1. The third-order valence-corrected chi connectivity index (χ3v) is 5.63. The number of ether oxygens (including phenoxy) is 1. The zero-order valence-corrected chi connectivity index (χ0v) is 14.9. The molecule has 3 aliphatic carbocycles. The molecular weight excluding hydrogens is 354 g/mol. The number of anilines is 1. The van der Waals surface area contributed by atoms with Gasteiger partial charge in [-0.05, 0) is 61.3 Å². The van der Waals surface area contributed by atoms with Crippen LogP contribution >= 0.6 is 11.6 Å². The minimum absolute atomic E-state index is 0.0637. The van der Waals surface area contributed by atoms with Gasteiger partial charge >= 0.3 is 5.97 Å². The number of para-hydroxylation sites is 1. The summed E-state index contributed by atoms with van der Waals surface area (Å²) in [5.74, 6) is 0.910. The lowest BCUT2D eigenvalue weighted by atomic mass is 9.61. The molecule has 1 aromatic heterocycles. The molecule has 1 aromatic carbocycles. The van der Waals surface area contributed by atoms with E-state index in [-0.39, 0.29) is 17.2 Å². The van der Waals surface area contributed by atoms with E-state index in [1.54, 1.807) is 6.07 Å². The highest BCUT2D eigenvalue weighted by Crippen LogP contribution is 2.46. The number of fused-ring (bicyclic) bond motifs is 3. The number of carbonyl (C=O) groups is 1. The summed E-state index contributed by atoms with van der Waals surface area (Å²) in [5.41, 5.74) is 0. The maximum Gasteiger partial charge on any atom is 0.308 e. The van der Waals surface area contributed by atoms with Crippen molar-refractivity contribution in [2.75, 3.05) is 5.32 Å². The molecule has 5 rings (SSSR count). The molecule has 136 valence electrons. The van der Waals surface area contributed by atoms with Gasteiger partial charge in [0, 0.05) is 12.1 Å². The summed E-state index contributed by atoms with van der Waals surface area (Å²) in [7, 11) is 0. The number of aliphatic carboxylic acids is 1. The van der Waals surface area contributed by atoms with Crippen molar-refractivity contribution >= 4 is 23.4 Å². The Bertz CT molecular complexity index is 794. The maximum absolute atomic E-state index is 11.8. The normalized spacial score (nSPS) is 27.1. The minimum atomic E-state index is -0.738. The first-order valence-electron chi connectivity index (χ1n) is 8.87. The number of hydrogen-bond donors (Lipinski definition) is 2. The van der Waals surface area contributed by atoms with Crippen LogP contribution in [0.25, 0.3) is 0 Å². The monoisotopic (exact) mass is 373 g/mol. The van der Waals surface area contributed by atoms with E-state index in [0.717, 1.165) is 25.7 Å². The molecule has 3 fully saturated rings. The molecule has 26 heavy (non-hydrogen) atoms. The van der Waals surface area contributed by atoms with Crippen molar-refractivity contribution in [3.8, 4) is 11.6 Å². The van der Waals surface area contributed by atoms with Gasteiger partial charge in [0.15, 0.2) is 0 Å². The van der Waals surface area contributed by atoms with Crippen LogP contribution in [0.2, 0.25) is 5.28 Å². The zero-order valence-electron chi connectivity index (χ0n) is 14.1. The van der Waals surface area contributed by atoms with Crippen molar-refractivity contribution in [1.82, 2.24) is 9.97 Å². The smallest absolute Gasteiger partial charge is 0.308 e. The van der Waals surface area contributed by atoms with Crippen LogP contribution in [0.5, 0.6) is 11.6 Å². The third kappa shape index (κ3) is 3.46. The summed E-state index contributed by atoms with van der Waals surface area (Å²) >= 11 is 6.05. The van der Waals surface area contributed by atoms with Crippen molar-refractivity contribution in [3.63, 3.8) is 0 Å². The Morgan fingerprint density at radius 1 is 1.12 bits per heavy atom. The van der Waals surface area contributed by atoms with E-state index in [4.69, 9.17) is 16.3 Å². The number of aromatic nitrogens is 2. The summed E-state index contributed by atoms with van der Waals surface area (Å²) in [6.07, 6.45) is 4.09. The van der Waals surface area contributed by atoms with Crippen molar-refractivity contribution in [2.24, 2.45) is 17.8 Å². The lowest BCUT2D eigenvalue weighted by Gasteiger charge is -2.47. The van der Waals surface area contributed by atoms with Crippen molar-refractivity contribution in [3.05, 3.63) is 41.7 Å². The summed E-state index contributed by atoms with van der Waals surface area (Å²) in [6.45, 7) is 0. The number of rotatable bonds is 5. The van der Waals surface area contributed by atoms with Gasteiger partial charge in [0.05, 0.1) is 5.92 Å². The molecule has 0 amide bonds. The molecule has 3 saturated carbocycles. The fourth-order valence-electron chi connectivity index (χ4n) is 4.32. The topological polar surface area (TPSA) is 84.3 Å². The van der Waals surface area contributed by atoms with Gasteiger partial charge in [0.25, 0.3) is 0 Å². The van der Waals surface area contributed by atoms with Gasteiger partial charge in [0.2, 0.25) is 11.2 Å². The van der Waals surface area contributed by atoms with Gasteiger partial charge in [-0.1, -0.05) is 18.2 Å². The molecule has 3 aliphatic rings. The van der Waals surface area contributed by atoms with E-state index in [1.807, 2.05) is 30.3 Å². The highest BCUT2D eigenvalue weighted by atomic mass is 35.5. The molecule has 2 bridgehead atoms. The number of carboxylic acid groups (broad SMARTS) is 1. The first kappa shape index (κ1) is 17.1. The molecule has 2 N–H and O–H groups in total. The average molecular weight is 374 g/mol. The van der Waals surface area contributed by atoms with Gasteiger partial charge in [-0.2, -0.15) is 4.98 Å². The molecular formula is C19H20ClN3O3. The number of nitrogens with one attached hydrogen (secondary N) is 1. The Morgan fingerprint density at radius 3 is 2.50 bits per heavy atom. The molecule has 1 heterocycles. The number of nitrogens with zero attached hydrogens (tertiary/aromatic N) is 2. The van der Waals surface area contributed by atoms with Crippen LogP contribution in [0.4, 0.5) is 5.82 Å². The molecule has 2 unspecified atom stereocenters. The fourth-order valence-corrected chi connectivity index (χ4v) is 4.49. The quantitative estimate of drug-likeness (QED) is 0.763. The van der Waals surface area contributed by atoms with Crippen LogP contribution < -0.4 is 10.1 Å². The molecule has 0 aliphatic heterocycles. The second-order valence-corrected chi connectivity index (χ2v) is 7.32. The van der Waals surface area contributed by atoms with E-state index >= 15 is 0 Å². The predicted molar refractivity (Wildman–Crippen MR) is 97.5 cm³/mol. The van der Waals surface area contributed by atoms with Crippen LogP contribution in [-0.4, -0.2) is 27.1 Å². The van der Waals surface area contributed by atoms with Crippen molar-refractivity contribution in [2.45, 2.75) is 31.7 Å². The number of carboxylic acids is 1. The molecule has 2 atom stereocenters. The van der Waals surface area contributed by atoms with E-state index in [9.17, 15) is 9.90 Å². The van der Waals surface area contributed by atoms with Crippen LogP contribution in [0.1, 0.15) is 25.7 Å². The molecule has 0 spiro atoms.